The van der Waals surface area contributed by atoms with E-state index >= 15 is 0 Å². The third-order valence-corrected chi connectivity index (χ3v) is 1.65. The van der Waals surface area contributed by atoms with E-state index in [1.54, 1.807) is 12.1 Å². The van der Waals surface area contributed by atoms with Crippen molar-refractivity contribution in [2.24, 2.45) is 5.16 Å². The molecule has 1 rings (SSSR count). The molecule has 0 aromatic carbocycles. The van der Waals surface area contributed by atoms with Gasteiger partial charge in [0.15, 0.2) is 5.17 Å². The first-order valence-electron chi connectivity index (χ1n) is 3.74. The largest absolute Gasteiger partial charge is 0.478 e. The summed E-state index contributed by atoms with van der Waals surface area (Å²) in [5.41, 5.74) is 0.549. The van der Waals surface area contributed by atoms with Crippen molar-refractivity contribution in [2.75, 3.05) is 6.61 Å². The van der Waals surface area contributed by atoms with Crippen molar-refractivity contribution in [3.8, 4) is 5.88 Å². The number of oxime groups is 1. The Morgan fingerprint density at radius 2 is 2.46 bits per heavy atom. The summed E-state index contributed by atoms with van der Waals surface area (Å²) in [4.78, 5) is 3.94. The molecule has 0 saturated heterocycles. The predicted molar refractivity (Wildman–Crippen MR) is 49.6 cm³/mol. The van der Waals surface area contributed by atoms with Gasteiger partial charge < -0.3 is 9.94 Å². The van der Waals surface area contributed by atoms with Gasteiger partial charge in [0, 0.05) is 17.8 Å². The Labute approximate surface area is 80.8 Å². The Morgan fingerprint density at radius 1 is 1.69 bits per heavy atom. The number of ether oxygens (including phenoxy) is 1. The summed E-state index contributed by atoms with van der Waals surface area (Å²) in [7, 11) is 0. The third kappa shape index (κ3) is 2.59. The Bertz CT molecular complexity index is 298. The Hall–Kier alpha value is -1.29. The van der Waals surface area contributed by atoms with E-state index in [1.807, 2.05) is 6.92 Å². The average molecular weight is 201 g/mol. The number of hydrogen-bond donors (Lipinski definition) is 1. The first-order valence-corrected chi connectivity index (χ1v) is 4.12. The minimum atomic E-state index is 0.00977. The van der Waals surface area contributed by atoms with Crippen molar-refractivity contribution >= 4 is 16.8 Å². The highest BCUT2D eigenvalue weighted by Gasteiger charge is 2.00. The van der Waals surface area contributed by atoms with Crippen molar-refractivity contribution in [1.29, 1.82) is 0 Å². The number of pyridine rings is 1. The maximum absolute atomic E-state index is 8.36. The van der Waals surface area contributed by atoms with Gasteiger partial charge in [-0.1, -0.05) is 16.8 Å². The molecule has 5 heteroatoms. The number of nitrogens with zero attached hydrogens (tertiary/aromatic N) is 2. The SMILES string of the molecule is CCOc1ccc(/C(Cl)=N/O)cn1. The van der Waals surface area contributed by atoms with Crippen molar-refractivity contribution in [3.05, 3.63) is 23.9 Å². The lowest BCUT2D eigenvalue weighted by Crippen LogP contribution is -1.96. The lowest BCUT2D eigenvalue weighted by atomic mass is 10.3. The van der Waals surface area contributed by atoms with E-state index in [-0.39, 0.29) is 5.17 Å². The van der Waals surface area contributed by atoms with Gasteiger partial charge in [-0.25, -0.2) is 4.98 Å². The smallest absolute Gasteiger partial charge is 0.213 e. The molecule has 0 fully saturated rings. The van der Waals surface area contributed by atoms with E-state index in [0.717, 1.165) is 0 Å². The fraction of sp³-hybridized carbons (Fsp3) is 0.250. The molecule has 0 atom stereocenters. The quantitative estimate of drug-likeness (QED) is 0.460. The molecule has 0 aliphatic rings. The van der Waals surface area contributed by atoms with Crippen LogP contribution in [0.4, 0.5) is 0 Å². The van der Waals surface area contributed by atoms with Gasteiger partial charge in [-0.3, -0.25) is 0 Å². The maximum atomic E-state index is 8.36. The van der Waals surface area contributed by atoms with E-state index in [9.17, 15) is 0 Å². The summed E-state index contributed by atoms with van der Waals surface area (Å²) < 4.78 is 5.12. The summed E-state index contributed by atoms with van der Waals surface area (Å²) in [6.45, 7) is 2.44. The molecule has 0 saturated carbocycles. The molecule has 0 radical (unpaired) electrons. The highest BCUT2D eigenvalue weighted by atomic mass is 35.5. The van der Waals surface area contributed by atoms with Crippen LogP contribution >= 0.6 is 11.6 Å². The highest BCUT2D eigenvalue weighted by molar-refractivity contribution is 6.69. The van der Waals surface area contributed by atoms with E-state index in [4.69, 9.17) is 21.5 Å². The molecule has 1 aromatic heterocycles. The lowest BCUT2D eigenvalue weighted by Gasteiger charge is -2.01. The van der Waals surface area contributed by atoms with Gasteiger partial charge in [0.05, 0.1) is 6.61 Å². The van der Waals surface area contributed by atoms with Crippen molar-refractivity contribution in [2.45, 2.75) is 6.92 Å². The van der Waals surface area contributed by atoms with Gasteiger partial charge in [-0.2, -0.15) is 0 Å². The van der Waals surface area contributed by atoms with Crippen LogP contribution in [0.15, 0.2) is 23.5 Å². The second kappa shape index (κ2) is 4.67. The van der Waals surface area contributed by atoms with Crippen LogP contribution in [-0.2, 0) is 0 Å². The second-order valence-electron chi connectivity index (χ2n) is 2.21. The van der Waals surface area contributed by atoms with Crippen molar-refractivity contribution in [3.63, 3.8) is 0 Å². The molecule has 0 spiro atoms. The number of rotatable bonds is 3. The van der Waals surface area contributed by atoms with Crippen molar-refractivity contribution in [1.82, 2.24) is 4.98 Å². The van der Waals surface area contributed by atoms with Crippen LogP contribution in [0.2, 0.25) is 0 Å². The van der Waals surface area contributed by atoms with E-state index < -0.39 is 0 Å². The fourth-order valence-electron chi connectivity index (χ4n) is 0.793. The van der Waals surface area contributed by atoms with Gasteiger partial charge in [-0.15, -0.1) is 0 Å². The summed E-state index contributed by atoms with van der Waals surface area (Å²) in [6, 6.07) is 3.33. The Balaban J connectivity index is 2.81. The number of hydrogen-bond acceptors (Lipinski definition) is 4. The van der Waals surface area contributed by atoms with Crippen LogP contribution in [0.3, 0.4) is 0 Å². The fourth-order valence-corrected chi connectivity index (χ4v) is 0.905. The van der Waals surface area contributed by atoms with E-state index in [2.05, 4.69) is 10.1 Å². The lowest BCUT2D eigenvalue weighted by molar-refractivity contribution is 0.320. The topological polar surface area (TPSA) is 54.7 Å². The first kappa shape index (κ1) is 9.80. The van der Waals surface area contributed by atoms with E-state index in [0.29, 0.717) is 18.1 Å². The maximum Gasteiger partial charge on any atom is 0.213 e. The van der Waals surface area contributed by atoms with Crippen LogP contribution in [0.5, 0.6) is 5.88 Å². The highest BCUT2D eigenvalue weighted by Crippen LogP contribution is 2.09. The number of aromatic nitrogens is 1. The van der Waals surface area contributed by atoms with Crippen LogP contribution in [-0.4, -0.2) is 22.0 Å². The summed E-state index contributed by atoms with van der Waals surface area (Å²) in [6.07, 6.45) is 1.48. The zero-order chi connectivity index (χ0) is 9.68. The third-order valence-electron chi connectivity index (χ3n) is 1.35. The zero-order valence-electron chi connectivity index (χ0n) is 7.07. The molecular formula is C8H9ClN2O2. The van der Waals surface area contributed by atoms with Gasteiger partial charge in [0.25, 0.3) is 0 Å². The molecule has 1 N–H and O–H groups in total. The Kier molecular flexibility index (Phi) is 3.52. The molecule has 0 unspecified atom stereocenters. The summed E-state index contributed by atoms with van der Waals surface area (Å²) >= 11 is 5.54. The molecule has 0 amide bonds. The van der Waals surface area contributed by atoms with Crippen LogP contribution < -0.4 is 4.74 Å². The molecule has 0 bridgehead atoms. The normalized spacial score (nSPS) is 11.4. The molecule has 4 nitrogen and oxygen atoms in total. The molecule has 13 heavy (non-hydrogen) atoms. The molecular weight excluding hydrogens is 192 g/mol. The average Bonchev–Trinajstić information content (AvgIpc) is 2.18. The zero-order valence-corrected chi connectivity index (χ0v) is 7.82. The molecule has 1 heterocycles. The minimum Gasteiger partial charge on any atom is -0.478 e. The van der Waals surface area contributed by atoms with Crippen molar-refractivity contribution < 1.29 is 9.94 Å². The second-order valence-corrected chi connectivity index (χ2v) is 2.57. The molecule has 1 aromatic rings. The van der Waals surface area contributed by atoms with Gasteiger partial charge in [0.1, 0.15) is 0 Å². The molecule has 70 valence electrons. The van der Waals surface area contributed by atoms with Crippen LogP contribution in [0.25, 0.3) is 0 Å². The van der Waals surface area contributed by atoms with Crippen LogP contribution in [0, 0.1) is 0 Å². The van der Waals surface area contributed by atoms with Crippen LogP contribution in [0.1, 0.15) is 12.5 Å². The van der Waals surface area contributed by atoms with Gasteiger partial charge >= 0.3 is 0 Å². The predicted octanol–water partition coefficient (Wildman–Crippen LogP) is 1.85. The molecule has 0 aliphatic carbocycles. The van der Waals surface area contributed by atoms with E-state index in [1.165, 1.54) is 6.20 Å². The molecule has 0 aliphatic heterocycles. The Morgan fingerprint density at radius 3 is 2.92 bits per heavy atom. The van der Waals surface area contributed by atoms with Gasteiger partial charge in [-0.05, 0) is 13.0 Å². The summed E-state index contributed by atoms with van der Waals surface area (Å²) in [5, 5.41) is 11.2. The standard InChI is InChI=1S/C8H9ClN2O2/c1-2-13-7-4-3-6(5-10-7)8(9)11-12/h3-5,12H,2H2,1H3/b11-8-. The van der Waals surface area contributed by atoms with Gasteiger partial charge in [0.2, 0.25) is 5.88 Å². The monoisotopic (exact) mass is 200 g/mol. The number of halogens is 1. The first-order chi connectivity index (χ1) is 6.27. The summed E-state index contributed by atoms with van der Waals surface area (Å²) in [5.74, 6) is 0.522. The minimum absolute atomic E-state index is 0.00977.